The average molecular weight is 616 g/mol. The molecule has 1 aliphatic rings. The number of fused-ring (bicyclic) bond motifs is 1. The number of rotatable bonds is 11. The Kier molecular flexibility index (Phi) is 8.48. The van der Waals surface area contributed by atoms with E-state index < -0.39 is 0 Å². The van der Waals surface area contributed by atoms with Crippen molar-refractivity contribution in [2.45, 2.75) is 19.3 Å². The normalized spacial score (nSPS) is 13.2. The van der Waals surface area contributed by atoms with Crippen molar-refractivity contribution in [1.82, 2.24) is 24.5 Å². The maximum Gasteiger partial charge on any atom is 0.229 e. The zero-order valence-corrected chi connectivity index (χ0v) is 25.5. The molecule has 10 heteroatoms. The lowest BCUT2D eigenvalue weighted by Crippen LogP contribution is -2.25. The molecule has 1 aliphatic heterocycles. The fourth-order valence-corrected chi connectivity index (χ4v) is 6.33. The monoisotopic (exact) mass is 615 g/mol. The first-order valence-corrected chi connectivity index (χ1v) is 16.0. The van der Waals surface area contributed by atoms with E-state index in [-0.39, 0.29) is 5.91 Å². The summed E-state index contributed by atoms with van der Waals surface area (Å²) in [6.45, 7) is 3.91. The van der Waals surface area contributed by atoms with Gasteiger partial charge in [0.15, 0.2) is 0 Å². The van der Waals surface area contributed by atoms with Crippen LogP contribution in [0, 0.1) is 0 Å². The number of carbonyl (C=O) groups excluding carboxylic acids is 1. The summed E-state index contributed by atoms with van der Waals surface area (Å²) in [5, 5.41) is 13.3. The van der Waals surface area contributed by atoms with E-state index in [9.17, 15) is 4.79 Å². The van der Waals surface area contributed by atoms with Crippen LogP contribution in [0.15, 0.2) is 103 Å². The number of pyridine rings is 1. The lowest BCUT2D eigenvalue weighted by Gasteiger charge is -2.15. The van der Waals surface area contributed by atoms with Crippen LogP contribution in [0.5, 0.6) is 5.75 Å². The molecule has 0 saturated carbocycles. The first-order chi connectivity index (χ1) is 22.2. The highest BCUT2D eigenvalue weighted by Gasteiger charge is 2.19. The highest BCUT2D eigenvalue weighted by atomic mass is 32.1. The Morgan fingerprint density at radius 3 is 2.71 bits per heavy atom. The molecule has 4 aromatic heterocycles. The van der Waals surface area contributed by atoms with Gasteiger partial charge in [0.05, 0.1) is 23.2 Å². The molecule has 7 rings (SSSR count). The van der Waals surface area contributed by atoms with Crippen LogP contribution < -0.4 is 15.4 Å². The van der Waals surface area contributed by atoms with Gasteiger partial charge in [0.1, 0.15) is 18.1 Å². The van der Waals surface area contributed by atoms with Gasteiger partial charge in [0.25, 0.3) is 0 Å². The second-order valence-corrected chi connectivity index (χ2v) is 12.0. The fourth-order valence-electron chi connectivity index (χ4n) is 5.62. The molecule has 45 heavy (non-hydrogen) atoms. The summed E-state index contributed by atoms with van der Waals surface area (Å²) in [6.07, 6.45) is 6.56. The first-order valence-electron chi connectivity index (χ1n) is 15.1. The van der Waals surface area contributed by atoms with Crippen molar-refractivity contribution < 1.29 is 9.53 Å². The maximum atomic E-state index is 12.7. The Morgan fingerprint density at radius 1 is 0.933 bits per heavy atom. The van der Waals surface area contributed by atoms with Gasteiger partial charge in [0, 0.05) is 46.8 Å². The second-order valence-electron chi connectivity index (χ2n) is 11.0. The minimum absolute atomic E-state index is 0.0580. The average Bonchev–Trinajstić information content (AvgIpc) is 3.84. The summed E-state index contributed by atoms with van der Waals surface area (Å²) in [6, 6.07) is 27.4. The number of hydrogen-bond acceptors (Lipinski definition) is 8. The van der Waals surface area contributed by atoms with Gasteiger partial charge in [0.2, 0.25) is 11.9 Å². The number of nitrogens with zero attached hydrogens (tertiary/aromatic N) is 5. The summed E-state index contributed by atoms with van der Waals surface area (Å²) >= 11 is 1.57. The van der Waals surface area contributed by atoms with Crippen LogP contribution in [-0.4, -0.2) is 56.6 Å². The molecule has 1 saturated heterocycles. The van der Waals surface area contributed by atoms with Gasteiger partial charge in [-0.3, -0.25) is 9.69 Å². The van der Waals surface area contributed by atoms with E-state index in [0.717, 1.165) is 64.0 Å². The molecule has 0 bridgehead atoms. The third kappa shape index (κ3) is 6.87. The van der Waals surface area contributed by atoms with Crippen LogP contribution >= 0.6 is 11.3 Å². The molecular formula is C35H33N7O2S. The predicted octanol–water partition coefficient (Wildman–Crippen LogP) is 6.92. The lowest BCUT2D eigenvalue weighted by molar-refractivity contribution is -0.115. The smallest absolute Gasteiger partial charge is 0.229 e. The van der Waals surface area contributed by atoms with Gasteiger partial charge in [-0.25, -0.2) is 14.5 Å². The Hall–Kier alpha value is -5.06. The van der Waals surface area contributed by atoms with E-state index in [1.54, 1.807) is 17.5 Å². The summed E-state index contributed by atoms with van der Waals surface area (Å²) < 4.78 is 7.89. The Labute approximate surface area is 265 Å². The van der Waals surface area contributed by atoms with E-state index >= 15 is 0 Å². The maximum absolute atomic E-state index is 12.7. The molecule has 0 aliphatic carbocycles. The quantitative estimate of drug-likeness (QED) is 0.163. The number of aromatic nitrogens is 4. The van der Waals surface area contributed by atoms with Crippen molar-refractivity contribution in [3.05, 3.63) is 108 Å². The van der Waals surface area contributed by atoms with Crippen molar-refractivity contribution in [2.24, 2.45) is 0 Å². The molecule has 9 nitrogen and oxygen atoms in total. The number of hydrogen-bond donors (Lipinski definition) is 2. The molecule has 0 atom stereocenters. The van der Waals surface area contributed by atoms with Gasteiger partial charge < -0.3 is 15.4 Å². The summed E-state index contributed by atoms with van der Waals surface area (Å²) in [7, 11) is 0. The molecule has 1 amide bonds. The largest absolute Gasteiger partial charge is 0.492 e. The standard InChI is InChI=1S/C35H33N7O2S/c43-32(24-29-12-7-21-45-29)37-26-9-5-8-25(22-26)34-33(31-13-1-2-18-42(31)40-34)30-14-15-36-35(39-30)38-27-10-6-11-28(23-27)44-20-19-41-16-3-4-17-41/h1-2,5-15,18,21-23H,3-4,16-17,19-20,24H2,(H,37,43)(H,36,38,39). The molecule has 5 heterocycles. The number of thiophene rings is 1. The Bertz CT molecular complexity index is 1910. The van der Waals surface area contributed by atoms with Crippen molar-refractivity contribution in [3.8, 4) is 28.3 Å². The molecule has 2 aromatic carbocycles. The van der Waals surface area contributed by atoms with Gasteiger partial charge in [-0.05, 0) is 79.8 Å². The van der Waals surface area contributed by atoms with Gasteiger partial charge >= 0.3 is 0 Å². The molecule has 0 spiro atoms. The highest BCUT2D eigenvalue weighted by molar-refractivity contribution is 7.10. The number of anilines is 3. The molecule has 226 valence electrons. The van der Waals surface area contributed by atoms with E-state index in [2.05, 4.69) is 20.5 Å². The SMILES string of the molecule is O=C(Cc1cccs1)Nc1cccc(-c2nn3ccccc3c2-c2ccnc(Nc3cccc(OCCN4CCCC4)c3)n2)c1. The summed E-state index contributed by atoms with van der Waals surface area (Å²) in [4.78, 5) is 25.6. The minimum Gasteiger partial charge on any atom is -0.492 e. The van der Waals surface area contributed by atoms with Crippen molar-refractivity contribution >= 4 is 40.1 Å². The number of amides is 1. The number of nitrogens with one attached hydrogen (secondary N) is 2. The van der Waals surface area contributed by atoms with Crippen LogP contribution in [0.1, 0.15) is 17.7 Å². The van der Waals surface area contributed by atoms with Gasteiger partial charge in [-0.2, -0.15) is 5.10 Å². The predicted molar refractivity (Wildman–Crippen MR) is 179 cm³/mol. The zero-order valence-electron chi connectivity index (χ0n) is 24.7. The van der Waals surface area contributed by atoms with Crippen LogP contribution in [0.25, 0.3) is 28.0 Å². The highest BCUT2D eigenvalue weighted by Crippen LogP contribution is 2.35. The topological polar surface area (TPSA) is 96.7 Å². The number of likely N-dealkylation sites (tertiary alicyclic amines) is 1. The molecule has 0 radical (unpaired) electrons. The number of ether oxygens (including phenoxy) is 1. The molecule has 6 aromatic rings. The van der Waals surface area contributed by atoms with E-state index in [4.69, 9.17) is 14.8 Å². The van der Waals surface area contributed by atoms with Crippen molar-refractivity contribution in [3.63, 3.8) is 0 Å². The third-order valence-electron chi connectivity index (χ3n) is 7.75. The Morgan fingerprint density at radius 2 is 1.82 bits per heavy atom. The van der Waals surface area contributed by atoms with Gasteiger partial charge in [-0.1, -0.05) is 30.3 Å². The second kappa shape index (κ2) is 13.3. The number of carbonyl (C=O) groups is 1. The van der Waals surface area contributed by atoms with Crippen molar-refractivity contribution in [1.29, 1.82) is 0 Å². The number of benzene rings is 2. The first kappa shape index (κ1) is 28.7. The molecule has 0 unspecified atom stereocenters. The Balaban J connectivity index is 1.13. The van der Waals surface area contributed by atoms with Crippen LogP contribution in [0.3, 0.4) is 0 Å². The zero-order chi connectivity index (χ0) is 30.4. The summed E-state index contributed by atoms with van der Waals surface area (Å²) in [5.41, 5.74) is 5.71. The summed E-state index contributed by atoms with van der Waals surface area (Å²) in [5.74, 6) is 1.22. The van der Waals surface area contributed by atoms with Crippen LogP contribution in [-0.2, 0) is 11.2 Å². The minimum atomic E-state index is -0.0580. The lowest BCUT2D eigenvalue weighted by atomic mass is 10.0. The van der Waals surface area contributed by atoms with Gasteiger partial charge in [-0.15, -0.1) is 11.3 Å². The van der Waals surface area contributed by atoms with E-state index in [1.807, 2.05) is 101 Å². The third-order valence-corrected chi connectivity index (χ3v) is 8.63. The molecule has 2 N–H and O–H groups in total. The van der Waals surface area contributed by atoms with Crippen LogP contribution in [0.2, 0.25) is 0 Å². The van der Waals surface area contributed by atoms with E-state index in [1.165, 1.54) is 12.8 Å². The van der Waals surface area contributed by atoms with Crippen LogP contribution in [0.4, 0.5) is 17.3 Å². The fraction of sp³-hybridized carbons (Fsp3) is 0.200. The molecule has 1 fully saturated rings. The van der Waals surface area contributed by atoms with Crippen molar-refractivity contribution in [2.75, 3.05) is 36.9 Å². The van der Waals surface area contributed by atoms with E-state index in [0.29, 0.717) is 24.7 Å². The molecular weight excluding hydrogens is 582 g/mol.